The molecule has 1 fully saturated rings. The molecule has 9 heteroatoms. The molecule has 1 aliphatic rings. The maximum absolute atomic E-state index is 13.1. The quantitative estimate of drug-likeness (QED) is 0.382. The summed E-state index contributed by atoms with van der Waals surface area (Å²) in [4.78, 5) is 9.92. The number of aromatic nitrogens is 4. The molecule has 0 radical (unpaired) electrons. The highest BCUT2D eigenvalue weighted by atomic mass is 127. The lowest BCUT2D eigenvalue weighted by molar-refractivity contribution is -0.137. The van der Waals surface area contributed by atoms with Crippen LogP contribution >= 0.6 is 22.6 Å². The number of benzene rings is 1. The Hall–Kier alpha value is -2.04. The van der Waals surface area contributed by atoms with E-state index >= 15 is 0 Å². The number of rotatable bonds is 4. The molecule has 5 nitrogen and oxygen atoms in total. The van der Waals surface area contributed by atoms with Crippen molar-refractivity contribution < 1.29 is 13.2 Å². The van der Waals surface area contributed by atoms with E-state index in [9.17, 15) is 13.2 Å². The first-order valence-corrected chi connectivity index (χ1v) is 11.0. The lowest BCUT2D eigenvalue weighted by atomic mass is 9.92. The van der Waals surface area contributed by atoms with Crippen LogP contribution in [0.5, 0.6) is 0 Å². The van der Waals surface area contributed by atoms with Crippen molar-refractivity contribution in [1.82, 2.24) is 19.7 Å². The third kappa shape index (κ3) is 4.15. The Kier molecular flexibility index (Phi) is 5.58. The third-order valence-electron chi connectivity index (χ3n) is 5.32. The normalized spacial score (nSPS) is 15.8. The second kappa shape index (κ2) is 8.00. The van der Waals surface area contributed by atoms with Crippen molar-refractivity contribution in [3.05, 3.63) is 59.3 Å². The van der Waals surface area contributed by atoms with Gasteiger partial charge in [0.25, 0.3) is 0 Å². The molecule has 0 aliphatic carbocycles. The number of alkyl halides is 4. The highest BCUT2D eigenvalue weighted by Gasteiger charge is 2.31. The van der Waals surface area contributed by atoms with E-state index in [-0.39, 0.29) is 0 Å². The van der Waals surface area contributed by atoms with E-state index in [1.165, 1.54) is 11.8 Å². The number of nitrogens with one attached hydrogen (secondary N) is 1. The van der Waals surface area contributed by atoms with Crippen LogP contribution in [0.15, 0.2) is 36.7 Å². The van der Waals surface area contributed by atoms with Crippen LogP contribution in [-0.2, 0) is 10.6 Å². The van der Waals surface area contributed by atoms with Gasteiger partial charge in [-0.2, -0.15) is 18.3 Å². The molecule has 0 atom stereocenters. The largest absolute Gasteiger partial charge is 0.416 e. The minimum absolute atomic E-state index is 0.397. The Bertz CT molecular complexity index is 986. The zero-order valence-corrected chi connectivity index (χ0v) is 18.0. The van der Waals surface area contributed by atoms with Gasteiger partial charge in [-0.05, 0) is 38.0 Å². The van der Waals surface area contributed by atoms with Gasteiger partial charge in [-0.1, -0.05) is 28.7 Å². The zero-order chi connectivity index (χ0) is 20.6. The summed E-state index contributed by atoms with van der Waals surface area (Å²) in [6, 6.07) is 7.26. The highest BCUT2D eigenvalue weighted by Crippen LogP contribution is 2.34. The predicted molar refractivity (Wildman–Crippen MR) is 114 cm³/mol. The van der Waals surface area contributed by atoms with Gasteiger partial charge in [0, 0.05) is 35.2 Å². The van der Waals surface area contributed by atoms with Crippen LogP contribution < -0.4 is 4.90 Å². The average molecular weight is 515 g/mol. The van der Waals surface area contributed by atoms with Crippen molar-refractivity contribution in [3.8, 4) is 5.69 Å². The summed E-state index contributed by atoms with van der Waals surface area (Å²) in [5, 5.41) is 4.46. The van der Waals surface area contributed by atoms with E-state index in [0.717, 1.165) is 59.7 Å². The van der Waals surface area contributed by atoms with Crippen LogP contribution in [0.4, 0.5) is 19.0 Å². The Labute approximate surface area is 180 Å². The smallest absolute Gasteiger partial charge is 0.356 e. The summed E-state index contributed by atoms with van der Waals surface area (Å²) in [5.74, 6) is 1.23. The number of piperidine rings is 1. The van der Waals surface area contributed by atoms with Crippen molar-refractivity contribution in [2.45, 2.75) is 36.3 Å². The molecule has 0 saturated carbocycles. The van der Waals surface area contributed by atoms with Crippen molar-refractivity contribution in [3.63, 3.8) is 0 Å². The van der Waals surface area contributed by atoms with E-state index in [2.05, 4.69) is 42.6 Å². The van der Waals surface area contributed by atoms with Gasteiger partial charge in [-0.25, -0.2) is 9.67 Å². The molecule has 0 amide bonds. The molecule has 3 aromatic rings. The summed E-state index contributed by atoms with van der Waals surface area (Å²) in [5.41, 5.74) is 2.84. The monoisotopic (exact) mass is 515 g/mol. The van der Waals surface area contributed by atoms with Crippen molar-refractivity contribution in [2.75, 3.05) is 18.0 Å². The Morgan fingerprint density at radius 2 is 1.97 bits per heavy atom. The van der Waals surface area contributed by atoms with Crippen LogP contribution in [0.2, 0.25) is 0 Å². The van der Waals surface area contributed by atoms with Crippen molar-refractivity contribution in [2.24, 2.45) is 0 Å². The lowest BCUT2D eigenvalue weighted by Crippen LogP contribution is -2.34. The molecule has 1 aliphatic heterocycles. The number of aromatic amines is 1. The fourth-order valence-electron chi connectivity index (χ4n) is 3.89. The number of nitrogens with zero attached hydrogens (tertiary/aromatic N) is 4. The van der Waals surface area contributed by atoms with Crippen LogP contribution in [0.25, 0.3) is 5.69 Å². The fourth-order valence-corrected chi connectivity index (χ4v) is 4.50. The van der Waals surface area contributed by atoms with Gasteiger partial charge in [0.05, 0.1) is 29.0 Å². The van der Waals surface area contributed by atoms with Crippen molar-refractivity contribution >= 4 is 28.4 Å². The van der Waals surface area contributed by atoms with E-state index in [1.807, 2.05) is 13.0 Å². The molecule has 4 rings (SSSR count). The van der Waals surface area contributed by atoms with Gasteiger partial charge >= 0.3 is 6.18 Å². The minimum atomic E-state index is -4.38. The summed E-state index contributed by atoms with van der Waals surface area (Å²) < 4.78 is 41.9. The summed E-state index contributed by atoms with van der Waals surface area (Å²) in [6.45, 7) is 3.47. The number of anilines is 1. The van der Waals surface area contributed by atoms with E-state index in [0.29, 0.717) is 11.6 Å². The topological polar surface area (TPSA) is 49.7 Å². The molecular weight excluding hydrogens is 494 g/mol. The van der Waals surface area contributed by atoms with E-state index in [4.69, 9.17) is 0 Å². The number of aryl methyl sites for hydroxylation is 1. The summed E-state index contributed by atoms with van der Waals surface area (Å²) >= 11 is 2.33. The van der Waals surface area contributed by atoms with Crippen LogP contribution in [0, 0.1) is 6.92 Å². The Morgan fingerprint density at radius 3 is 2.66 bits per heavy atom. The Balaban J connectivity index is 1.57. The zero-order valence-electron chi connectivity index (χ0n) is 15.9. The second-order valence-electron chi connectivity index (χ2n) is 7.27. The molecule has 29 heavy (non-hydrogen) atoms. The van der Waals surface area contributed by atoms with Gasteiger partial charge in [-0.3, -0.25) is 0 Å². The molecule has 0 spiro atoms. The van der Waals surface area contributed by atoms with Crippen molar-refractivity contribution in [1.29, 1.82) is 0 Å². The van der Waals surface area contributed by atoms with E-state index < -0.39 is 11.7 Å². The van der Waals surface area contributed by atoms with Gasteiger partial charge < -0.3 is 9.88 Å². The molecular formula is C20H21F3IN5. The predicted octanol–water partition coefficient (Wildman–Crippen LogP) is 5.24. The van der Waals surface area contributed by atoms with Gasteiger partial charge in [0.15, 0.2) is 0 Å². The molecule has 1 aromatic carbocycles. The van der Waals surface area contributed by atoms with Gasteiger partial charge in [-0.15, -0.1) is 0 Å². The molecule has 0 bridgehead atoms. The Morgan fingerprint density at radius 1 is 1.21 bits per heavy atom. The molecule has 0 unspecified atom stereocenters. The highest BCUT2D eigenvalue weighted by molar-refractivity contribution is 14.1. The standard InChI is InChI=1S/C20H21F3IN5/c1-13-9-18(29(27-13)16-4-2-3-15(10-16)20(21,22)23)28-7-5-14(6-8-28)19-17(11-24)25-12-26-19/h2-4,9-10,12,14H,5-8,11H2,1H3,(H,25,26). The molecule has 1 saturated heterocycles. The number of hydrogen-bond acceptors (Lipinski definition) is 3. The molecule has 2 aromatic heterocycles. The second-order valence-corrected chi connectivity index (χ2v) is 8.03. The first-order valence-electron chi connectivity index (χ1n) is 9.44. The summed E-state index contributed by atoms with van der Waals surface area (Å²) in [7, 11) is 0. The minimum Gasteiger partial charge on any atom is -0.356 e. The fraction of sp³-hybridized carbons (Fsp3) is 0.400. The SMILES string of the molecule is Cc1cc(N2CCC(c3nc[nH]c3CI)CC2)n(-c2cccc(C(F)(F)F)c2)n1. The number of hydrogen-bond donors (Lipinski definition) is 1. The van der Waals surface area contributed by atoms with Gasteiger partial charge in [0.2, 0.25) is 0 Å². The third-order valence-corrected chi connectivity index (χ3v) is 6.08. The number of imidazole rings is 1. The van der Waals surface area contributed by atoms with Crippen LogP contribution in [-0.4, -0.2) is 32.8 Å². The first-order chi connectivity index (χ1) is 13.9. The summed E-state index contributed by atoms with van der Waals surface area (Å²) in [6.07, 6.45) is -0.735. The average Bonchev–Trinajstić information content (AvgIpc) is 3.34. The number of H-pyrrole nitrogens is 1. The molecule has 1 N–H and O–H groups in total. The van der Waals surface area contributed by atoms with Gasteiger partial charge in [0.1, 0.15) is 5.82 Å². The maximum atomic E-state index is 13.1. The van der Waals surface area contributed by atoms with Crippen LogP contribution in [0.1, 0.15) is 41.4 Å². The maximum Gasteiger partial charge on any atom is 0.416 e. The molecule has 3 heterocycles. The first kappa shape index (κ1) is 20.2. The van der Waals surface area contributed by atoms with E-state index in [1.54, 1.807) is 17.1 Å². The molecule has 154 valence electrons. The lowest BCUT2D eigenvalue weighted by Gasteiger charge is -2.33. The number of halogens is 4. The van der Waals surface area contributed by atoms with Crippen LogP contribution in [0.3, 0.4) is 0 Å².